The zero-order chi connectivity index (χ0) is 13.5. The summed E-state index contributed by atoms with van der Waals surface area (Å²) < 4.78 is 1.04. The number of nitrogens with zero attached hydrogens (tertiary/aromatic N) is 2. The van der Waals surface area contributed by atoms with Gasteiger partial charge in [-0.1, -0.05) is 19.1 Å². The lowest BCUT2D eigenvalue weighted by atomic mass is 10.2. The lowest BCUT2D eigenvalue weighted by Crippen LogP contribution is -2.27. The number of nitrogens with two attached hydrogens (primary N) is 1. The first-order valence-corrected chi connectivity index (χ1v) is 7.23. The van der Waals surface area contributed by atoms with Crippen LogP contribution in [0.15, 0.2) is 22.7 Å². The van der Waals surface area contributed by atoms with Gasteiger partial charge in [0, 0.05) is 16.7 Å². The van der Waals surface area contributed by atoms with Crippen LogP contribution in [0.2, 0.25) is 0 Å². The Morgan fingerprint density at radius 1 is 1.22 bits per heavy atom. The van der Waals surface area contributed by atoms with Crippen LogP contribution in [0.3, 0.4) is 0 Å². The number of anilines is 1. The third-order valence-electron chi connectivity index (χ3n) is 3.03. The van der Waals surface area contributed by atoms with E-state index in [0.717, 1.165) is 36.3 Å². The van der Waals surface area contributed by atoms with Gasteiger partial charge < -0.3 is 10.6 Å². The van der Waals surface area contributed by atoms with Gasteiger partial charge in [-0.2, -0.15) is 0 Å². The zero-order valence-electron chi connectivity index (χ0n) is 11.6. The molecule has 0 aliphatic rings. The SMILES string of the molecule is CCN(CCCN(C)C)Cc1cccc(N)c1Br. The summed E-state index contributed by atoms with van der Waals surface area (Å²) >= 11 is 3.57. The van der Waals surface area contributed by atoms with Crippen LogP contribution in [0.4, 0.5) is 5.69 Å². The number of hydrogen-bond donors (Lipinski definition) is 1. The molecule has 0 fully saturated rings. The van der Waals surface area contributed by atoms with E-state index in [4.69, 9.17) is 5.73 Å². The van der Waals surface area contributed by atoms with E-state index < -0.39 is 0 Å². The van der Waals surface area contributed by atoms with Crippen molar-refractivity contribution in [1.82, 2.24) is 9.80 Å². The van der Waals surface area contributed by atoms with Gasteiger partial charge in [-0.25, -0.2) is 0 Å². The van der Waals surface area contributed by atoms with Gasteiger partial charge in [-0.15, -0.1) is 0 Å². The Morgan fingerprint density at radius 2 is 1.94 bits per heavy atom. The van der Waals surface area contributed by atoms with Crippen molar-refractivity contribution in [3.8, 4) is 0 Å². The second kappa shape index (κ2) is 7.77. The summed E-state index contributed by atoms with van der Waals surface area (Å²) in [5, 5.41) is 0. The van der Waals surface area contributed by atoms with Crippen LogP contribution in [0.1, 0.15) is 18.9 Å². The lowest BCUT2D eigenvalue weighted by Gasteiger charge is -2.22. The second-order valence-electron chi connectivity index (χ2n) is 4.85. The van der Waals surface area contributed by atoms with Gasteiger partial charge in [0.1, 0.15) is 0 Å². The second-order valence-corrected chi connectivity index (χ2v) is 5.64. The van der Waals surface area contributed by atoms with E-state index >= 15 is 0 Å². The molecule has 0 unspecified atom stereocenters. The van der Waals surface area contributed by atoms with Gasteiger partial charge in [0.15, 0.2) is 0 Å². The Morgan fingerprint density at radius 3 is 2.56 bits per heavy atom. The van der Waals surface area contributed by atoms with E-state index in [-0.39, 0.29) is 0 Å². The molecular weight excluding hydrogens is 290 g/mol. The summed E-state index contributed by atoms with van der Waals surface area (Å²) in [7, 11) is 4.23. The van der Waals surface area contributed by atoms with Crippen LogP contribution in [-0.4, -0.2) is 43.5 Å². The van der Waals surface area contributed by atoms with E-state index in [2.05, 4.69) is 52.8 Å². The van der Waals surface area contributed by atoms with Gasteiger partial charge in [0.05, 0.1) is 0 Å². The molecule has 1 rings (SSSR count). The number of benzene rings is 1. The van der Waals surface area contributed by atoms with Crippen LogP contribution < -0.4 is 5.73 Å². The molecule has 1 aromatic rings. The van der Waals surface area contributed by atoms with Crippen molar-refractivity contribution in [2.24, 2.45) is 0 Å². The largest absolute Gasteiger partial charge is 0.398 e. The van der Waals surface area contributed by atoms with Crippen LogP contribution in [0.25, 0.3) is 0 Å². The monoisotopic (exact) mass is 313 g/mol. The molecule has 0 spiro atoms. The molecule has 2 N–H and O–H groups in total. The molecule has 3 nitrogen and oxygen atoms in total. The third-order valence-corrected chi connectivity index (χ3v) is 4.00. The number of hydrogen-bond acceptors (Lipinski definition) is 3. The minimum absolute atomic E-state index is 0.817. The van der Waals surface area contributed by atoms with Crippen LogP contribution >= 0.6 is 15.9 Å². The highest BCUT2D eigenvalue weighted by Crippen LogP contribution is 2.24. The molecule has 0 amide bonds. The first kappa shape index (κ1) is 15.5. The maximum atomic E-state index is 5.91. The third kappa shape index (κ3) is 4.96. The Kier molecular flexibility index (Phi) is 6.68. The van der Waals surface area contributed by atoms with Gasteiger partial charge in [0.25, 0.3) is 0 Å². The molecule has 1 aromatic carbocycles. The molecule has 0 atom stereocenters. The van der Waals surface area contributed by atoms with Crippen LogP contribution in [0, 0.1) is 0 Å². The molecule has 0 heterocycles. The fraction of sp³-hybridized carbons (Fsp3) is 0.571. The summed E-state index contributed by atoms with van der Waals surface area (Å²) in [6.45, 7) is 6.48. The van der Waals surface area contributed by atoms with Crippen molar-refractivity contribution in [3.05, 3.63) is 28.2 Å². The van der Waals surface area contributed by atoms with Crippen molar-refractivity contribution in [1.29, 1.82) is 0 Å². The standard InChI is InChI=1S/C14H24BrN3/c1-4-18(10-6-9-17(2)3)11-12-7-5-8-13(16)14(12)15/h5,7-8H,4,6,9-11,16H2,1-3H3. The number of nitrogen functional groups attached to an aromatic ring is 1. The van der Waals surface area contributed by atoms with E-state index in [1.54, 1.807) is 0 Å². The van der Waals surface area contributed by atoms with E-state index in [9.17, 15) is 0 Å². The highest BCUT2D eigenvalue weighted by molar-refractivity contribution is 9.10. The predicted molar refractivity (Wildman–Crippen MR) is 82.7 cm³/mol. The predicted octanol–water partition coefficient (Wildman–Crippen LogP) is 2.80. The fourth-order valence-corrected chi connectivity index (χ4v) is 2.31. The van der Waals surface area contributed by atoms with Crippen molar-refractivity contribution in [3.63, 3.8) is 0 Å². The van der Waals surface area contributed by atoms with Crippen LogP contribution in [0.5, 0.6) is 0 Å². The Hall–Kier alpha value is -0.580. The normalized spacial score (nSPS) is 11.4. The number of halogens is 1. The maximum Gasteiger partial charge on any atom is 0.0461 e. The minimum atomic E-state index is 0.817. The molecule has 0 saturated carbocycles. The first-order valence-electron chi connectivity index (χ1n) is 6.44. The summed E-state index contributed by atoms with van der Waals surface area (Å²) in [6, 6.07) is 6.08. The van der Waals surface area contributed by atoms with Gasteiger partial charge in [-0.3, -0.25) is 4.90 Å². The van der Waals surface area contributed by atoms with Crippen molar-refractivity contribution < 1.29 is 0 Å². The Bertz CT molecular complexity index is 366. The topological polar surface area (TPSA) is 32.5 Å². The van der Waals surface area contributed by atoms with Gasteiger partial charge >= 0.3 is 0 Å². The van der Waals surface area contributed by atoms with Crippen molar-refractivity contribution >= 4 is 21.6 Å². The van der Waals surface area contributed by atoms with Gasteiger partial charge in [0.2, 0.25) is 0 Å². The van der Waals surface area contributed by atoms with Gasteiger partial charge in [-0.05, 0) is 67.7 Å². The molecule has 0 bridgehead atoms. The molecule has 0 saturated heterocycles. The average molecular weight is 314 g/mol. The van der Waals surface area contributed by atoms with Crippen molar-refractivity contribution in [2.45, 2.75) is 19.9 Å². The van der Waals surface area contributed by atoms with E-state index in [1.807, 2.05) is 12.1 Å². The highest BCUT2D eigenvalue weighted by atomic mass is 79.9. The van der Waals surface area contributed by atoms with Crippen LogP contribution in [-0.2, 0) is 6.54 Å². The molecular formula is C14H24BrN3. The molecule has 0 aliphatic heterocycles. The molecule has 0 aliphatic carbocycles. The van der Waals surface area contributed by atoms with Crippen molar-refractivity contribution in [2.75, 3.05) is 39.5 Å². The minimum Gasteiger partial charge on any atom is -0.398 e. The molecule has 102 valence electrons. The summed E-state index contributed by atoms with van der Waals surface area (Å²) in [4.78, 5) is 4.67. The Labute approximate surface area is 119 Å². The molecule has 18 heavy (non-hydrogen) atoms. The quantitative estimate of drug-likeness (QED) is 0.786. The molecule has 4 heteroatoms. The smallest absolute Gasteiger partial charge is 0.0461 e. The number of rotatable bonds is 7. The van der Waals surface area contributed by atoms with E-state index in [1.165, 1.54) is 12.0 Å². The van der Waals surface area contributed by atoms with E-state index in [0.29, 0.717) is 0 Å². The zero-order valence-corrected chi connectivity index (χ0v) is 13.2. The molecule has 0 aromatic heterocycles. The highest BCUT2D eigenvalue weighted by Gasteiger charge is 2.08. The first-order chi connectivity index (χ1) is 8.54. The molecule has 0 radical (unpaired) electrons. The average Bonchev–Trinajstić information content (AvgIpc) is 2.33. The summed E-state index contributed by atoms with van der Waals surface area (Å²) in [5.74, 6) is 0. The Balaban J connectivity index is 2.54. The summed E-state index contributed by atoms with van der Waals surface area (Å²) in [5.41, 5.74) is 7.99. The lowest BCUT2D eigenvalue weighted by molar-refractivity contribution is 0.259. The fourth-order valence-electron chi connectivity index (χ4n) is 1.92. The maximum absolute atomic E-state index is 5.91. The summed E-state index contributed by atoms with van der Waals surface area (Å²) in [6.07, 6.45) is 1.20.